The van der Waals surface area contributed by atoms with Gasteiger partial charge in [-0.2, -0.15) is 0 Å². The van der Waals surface area contributed by atoms with Gasteiger partial charge in [0.1, 0.15) is 17.8 Å². The maximum absolute atomic E-state index is 14.1. The van der Waals surface area contributed by atoms with E-state index in [0.29, 0.717) is 5.56 Å². The van der Waals surface area contributed by atoms with E-state index in [9.17, 15) is 13.2 Å². The number of aryl methyl sites for hydroxylation is 1. The summed E-state index contributed by atoms with van der Waals surface area (Å²) in [5.74, 6) is -1.13. The summed E-state index contributed by atoms with van der Waals surface area (Å²) < 4.78 is 41.6. The maximum atomic E-state index is 14.1. The number of halogens is 3. The first-order chi connectivity index (χ1) is 11.5. The Bertz CT molecular complexity index is 766. The molecule has 0 amide bonds. The van der Waals surface area contributed by atoms with Gasteiger partial charge >= 0.3 is 0 Å². The number of nitrogens with zero attached hydrogens (tertiary/aromatic N) is 2. The molecule has 3 rings (SSSR count). The summed E-state index contributed by atoms with van der Waals surface area (Å²) in [7, 11) is 0. The van der Waals surface area contributed by atoms with Crippen molar-refractivity contribution in [3.05, 3.63) is 71.6 Å². The van der Waals surface area contributed by atoms with E-state index in [1.165, 1.54) is 0 Å². The van der Waals surface area contributed by atoms with Crippen molar-refractivity contribution in [2.24, 2.45) is 0 Å². The maximum Gasteiger partial charge on any atom is 0.128 e. The topological polar surface area (TPSA) is 16.1 Å². The van der Waals surface area contributed by atoms with Crippen LogP contribution in [0.2, 0.25) is 0 Å². The predicted molar refractivity (Wildman–Crippen MR) is 85.5 cm³/mol. The van der Waals surface area contributed by atoms with E-state index in [4.69, 9.17) is 6.58 Å². The van der Waals surface area contributed by atoms with Gasteiger partial charge in [-0.1, -0.05) is 13.1 Å². The molecule has 2 heterocycles. The second-order valence-corrected chi connectivity index (χ2v) is 5.91. The molecule has 0 saturated carbocycles. The van der Waals surface area contributed by atoms with E-state index in [-0.39, 0.29) is 56.9 Å². The molecule has 2 atom stereocenters. The van der Waals surface area contributed by atoms with Crippen LogP contribution in [-0.4, -0.2) is 22.6 Å². The molecule has 1 aromatic heterocycles. The molecule has 0 N–H and O–H groups in total. The largest absolute Gasteiger partial charge is 0.435 e. The Morgan fingerprint density at radius 2 is 2.12 bits per heavy atom. The van der Waals surface area contributed by atoms with Crippen LogP contribution in [0.5, 0.6) is 0 Å². The van der Waals surface area contributed by atoms with Gasteiger partial charge in [0, 0.05) is 57.3 Å². The van der Waals surface area contributed by atoms with Crippen LogP contribution in [0.15, 0.2) is 30.5 Å². The van der Waals surface area contributed by atoms with Crippen LogP contribution >= 0.6 is 0 Å². The second-order valence-electron chi connectivity index (χ2n) is 5.91. The monoisotopic (exact) mass is 419 g/mol. The Hall–Kier alpha value is -1.20. The zero-order chi connectivity index (χ0) is 17.3. The standard InChI is InChI=1S/C19H17F3N2.Y/c1-3-13-6-14(10-23-9-13)12(2)24-11-16(21)8-19(24)17-7-15(20)4-5-18(17)22;/h2,4-7,9,16,19H,3,8,11H2,1H3;/q-2;. The van der Waals surface area contributed by atoms with E-state index < -0.39 is 23.8 Å². The summed E-state index contributed by atoms with van der Waals surface area (Å²) in [6.45, 7) is 8.20. The average molecular weight is 419 g/mol. The molecule has 1 radical (unpaired) electrons. The molecule has 2 aromatic rings. The first kappa shape index (κ1) is 20.1. The normalized spacial score (nSPS) is 19.6. The first-order valence-electron chi connectivity index (χ1n) is 7.84. The summed E-state index contributed by atoms with van der Waals surface area (Å²) in [4.78, 5) is 5.58. The zero-order valence-corrected chi connectivity index (χ0v) is 16.7. The third-order valence-electron chi connectivity index (χ3n) is 4.31. The molecule has 1 saturated heterocycles. The van der Waals surface area contributed by atoms with E-state index in [2.05, 4.69) is 11.2 Å². The SMILES string of the molecule is [CH-]=C(c1[c-]ncc(CC)c1)N1CC(F)CC1c1cc(F)ccc1F.[Y]. The smallest absolute Gasteiger partial charge is 0.128 e. The van der Waals surface area contributed by atoms with Crippen molar-refractivity contribution >= 4 is 5.70 Å². The average Bonchev–Trinajstić information content (AvgIpc) is 2.98. The summed E-state index contributed by atoms with van der Waals surface area (Å²) in [5.41, 5.74) is 1.88. The first-order valence-corrected chi connectivity index (χ1v) is 7.84. The third-order valence-corrected chi connectivity index (χ3v) is 4.31. The molecule has 25 heavy (non-hydrogen) atoms. The fourth-order valence-corrected chi connectivity index (χ4v) is 3.03. The van der Waals surface area contributed by atoms with Crippen molar-refractivity contribution in [2.45, 2.75) is 32.0 Å². The van der Waals surface area contributed by atoms with Crippen molar-refractivity contribution in [3.8, 4) is 0 Å². The minimum Gasteiger partial charge on any atom is -0.435 e. The number of likely N-dealkylation sites (tertiary alicyclic amines) is 1. The van der Waals surface area contributed by atoms with Gasteiger partial charge in [-0.05, 0) is 24.6 Å². The number of hydrogen-bond acceptors (Lipinski definition) is 2. The summed E-state index contributed by atoms with van der Waals surface area (Å²) in [6, 6.07) is 4.36. The fraction of sp³-hybridized carbons (Fsp3) is 0.316. The van der Waals surface area contributed by atoms with Gasteiger partial charge in [0.05, 0.1) is 0 Å². The summed E-state index contributed by atoms with van der Waals surface area (Å²) in [6.07, 6.45) is 4.13. The number of alkyl halides is 1. The number of aromatic nitrogens is 1. The van der Waals surface area contributed by atoms with Crippen molar-refractivity contribution in [2.75, 3.05) is 6.54 Å². The number of rotatable bonds is 4. The molecule has 129 valence electrons. The fourth-order valence-electron chi connectivity index (χ4n) is 3.03. The summed E-state index contributed by atoms with van der Waals surface area (Å²) >= 11 is 0. The number of pyridine rings is 1. The molecule has 1 aliphatic heterocycles. The Kier molecular flexibility index (Phi) is 6.81. The van der Waals surface area contributed by atoms with Gasteiger partial charge in [-0.3, -0.25) is 5.56 Å². The summed E-state index contributed by atoms with van der Waals surface area (Å²) in [5, 5.41) is 0. The molecule has 2 nitrogen and oxygen atoms in total. The van der Waals surface area contributed by atoms with Crippen molar-refractivity contribution in [1.29, 1.82) is 0 Å². The molecule has 1 aliphatic rings. The van der Waals surface area contributed by atoms with Crippen molar-refractivity contribution < 1.29 is 45.9 Å². The zero-order valence-electron chi connectivity index (χ0n) is 13.8. The molecule has 0 bridgehead atoms. The van der Waals surface area contributed by atoms with Crippen LogP contribution in [0.25, 0.3) is 5.70 Å². The van der Waals surface area contributed by atoms with E-state index in [1.54, 1.807) is 11.1 Å². The second kappa shape index (κ2) is 8.46. The van der Waals surface area contributed by atoms with Gasteiger partial charge in [0.25, 0.3) is 0 Å². The number of benzene rings is 1. The van der Waals surface area contributed by atoms with Gasteiger partial charge in [0.2, 0.25) is 0 Å². The van der Waals surface area contributed by atoms with Crippen LogP contribution in [-0.2, 0) is 39.1 Å². The van der Waals surface area contributed by atoms with E-state index in [1.807, 2.05) is 13.0 Å². The molecule has 2 unspecified atom stereocenters. The third kappa shape index (κ3) is 4.32. The van der Waals surface area contributed by atoms with Crippen molar-refractivity contribution in [1.82, 2.24) is 9.88 Å². The molecular weight excluding hydrogens is 402 g/mol. The minimum absolute atomic E-state index is 0. The van der Waals surface area contributed by atoms with Crippen LogP contribution in [0.4, 0.5) is 13.2 Å². The minimum atomic E-state index is -1.17. The van der Waals surface area contributed by atoms with Crippen LogP contribution in [0.3, 0.4) is 0 Å². The Balaban J connectivity index is 0.00000225. The molecule has 1 fully saturated rings. The van der Waals surface area contributed by atoms with E-state index in [0.717, 1.165) is 30.2 Å². The molecule has 1 aromatic carbocycles. The van der Waals surface area contributed by atoms with Gasteiger partial charge in [-0.25, -0.2) is 24.9 Å². The van der Waals surface area contributed by atoms with Crippen molar-refractivity contribution in [3.63, 3.8) is 0 Å². The van der Waals surface area contributed by atoms with Gasteiger partial charge in [0.15, 0.2) is 0 Å². The Morgan fingerprint density at radius 3 is 2.84 bits per heavy atom. The molecule has 6 heteroatoms. The predicted octanol–water partition coefficient (Wildman–Crippen LogP) is 4.28. The van der Waals surface area contributed by atoms with Crippen LogP contribution in [0.1, 0.15) is 36.1 Å². The molecular formula is C19H17F3N2Y-2. The van der Waals surface area contributed by atoms with E-state index >= 15 is 0 Å². The van der Waals surface area contributed by atoms with Crippen LogP contribution in [0, 0.1) is 24.4 Å². The van der Waals surface area contributed by atoms with Crippen LogP contribution < -0.4 is 0 Å². The van der Waals surface area contributed by atoms with Gasteiger partial charge in [-0.15, -0.1) is 11.8 Å². The Morgan fingerprint density at radius 1 is 1.36 bits per heavy atom. The molecule has 0 spiro atoms. The molecule has 0 aliphatic carbocycles. The Labute approximate surface area is 171 Å². The van der Waals surface area contributed by atoms with Gasteiger partial charge < -0.3 is 16.5 Å². The number of hydrogen-bond donors (Lipinski definition) is 0. The quantitative estimate of drug-likeness (QED) is 0.688.